The Morgan fingerprint density at radius 3 is 2.78 bits per heavy atom. The summed E-state index contributed by atoms with van der Waals surface area (Å²) in [6, 6.07) is 14.1. The fraction of sp³-hybridized carbons (Fsp3) is 0.267. The highest BCUT2D eigenvalue weighted by Crippen LogP contribution is 2.16. The van der Waals surface area contributed by atoms with E-state index >= 15 is 0 Å². The number of carbonyl (C=O) groups excluding carboxylic acids is 1. The molecule has 3 heteroatoms. The molecule has 0 radical (unpaired) electrons. The van der Waals surface area contributed by atoms with Crippen LogP contribution < -0.4 is 0 Å². The fourth-order valence-electron chi connectivity index (χ4n) is 1.92. The molecule has 0 N–H and O–H groups in total. The van der Waals surface area contributed by atoms with Crippen LogP contribution in [0.2, 0.25) is 0 Å². The van der Waals surface area contributed by atoms with E-state index in [1.54, 1.807) is 0 Å². The molecule has 1 unspecified atom stereocenters. The van der Waals surface area contributed by atoms with Crippen LogP contribution in [0.15, 0.2) is 42.5 Å². The largest absolute Gasteiger partial charge is 0.463 e. The average Bonchev–Trinajstić information content (AvgIpc) is 3.20. The number of hydrogen-bond acceptors (Lipinski definition) is 3. The van der Waals surface area contributed by atoms with Crippen molar-refractivity contribution in [3.8, 4) is 0 Å². The first-order valence-electron chi connectivity index (χ1n) is 6.06. The molecule has 18 heavy (non-hydrogen) atoms. The van der Waals surface area contributed by atoms with E-state index in [9.17, 15) is 4.79 Å². The van der Waals surface area contributed by atoms with Gasteiger partial charge >= 0.3 is 5.97 Å². The number of ether oxygens (including phenoxy) is 2. The molecular weight excluding hydrogens is 228 g/mol. The summed E-state index contributed by atoms with van der Waals surface area (Å²) in [6.45, 7) is 1.09. The van der Waals surface area contributed by atoms with Gasteiger partial charge in [0.05, 0.1) is 13.0 Å². The Kier molecular flexibility index (Phi) is 2.99. The Morgan fingerprint density at radius 1 is 1.22 bits per heavy atom. The number of fused-ring (bicyclic) bond motifs is 1. The van der Waals surface area contributed by atoms with Crippen LogP contribution in [0.3, 0.4) is 0 Å². The number of carbonyl (C=O) groups is 1. The van der Waals surface area contributed by atoms with Gasteiger partial charge in [0.25, 0.3) is 0 Å². The van der Waals surface area contributed by atoms with Crippen LogP contribution in [0.4, 0.5) is 0 Å². The maximum atomic E-state index is 11.6. The van der Waals surface area contributed by atoms with E-state index in [-0.39, 0.29) is 12.1 Å². The molecule has 0 amide bonds. The molecule has 1 atom stereocenters. The summed E-state index contributed by atoms with van der Waals surface area (Å²) in [7, 11) is 0. The van der Waals surface area contributed by atoms with Gasteiger partial charge in [0.2, 0.25) is 0 Å². The van der Waals surface area contributed by atoms with Gasteiger partial charge in [-0.1, -0.05) is 42.5 Å². The Balaban J connectivity index is 1.67. The molecule has 3 rings (SSSR count). The lowest BCUT2D eigenvalue weighted by atomic mass is 10.1. The van der Waals surface area contributed by atoms with Crippen molar-refractivity contribution in [2.45, 2.75) is 12.5 Å². The third kappa shape index (κ3) is 2.68. The smallest absolute Gasteiger partial charge is 0.310 e. The summed E-state index contributed by atoms with van der Waals surface area (Å²) < 4.78 is 10.1. The summed E-state index contributed by atoms with van der Waals surface area (Å²) in [4.78, 5) is 11.6. The normalized spacial score (nSPS) is 17.7. The molecule has 1 aliphatic rings. The van der Waals surface area contributed by atoms with Gasteiger partial charge < -0.3 is 9.47 Å². The topological polar surface area (TPSA) is 38.8 Å². The third-order valence-electron chi connectivity index (χ3n) is 2.99. The minimum atomic E-state index is -0.194. The molecule has 1 aliphatic heterocycles. The lowest BCUT2D eigenvalue weighted by molar-refractivity contribution is -0.143. The summed E-state index contributed by atoms with van der Waals surface area (Å²) in [6.07, 6.45) is 0.447. The average molecular weight is 242 g/mol. The van der Waals surface area contributed by atoms with Crippen LogP contribution in [0.5, 0.6) is 0 Å². The molecule has 0 spiro atoms. The van der Waals surface area contributed by atoms with Gasteiger partial charge in [0.15, 0.2) is 0 Å². The lowest BCUT2D eigenvalue weighted by Crippen LogP contribution is -2.12. The van der Waals surface area contributed by atoms with Crippen LogP contribution in [0.1, 0.15) is 5.56 Å². The monoisotopic (exact) mass is 242 g/mol. The maximum absolute atomic E-state index is 11.6. The van der Waals surface area contributed by atoms with E-state index in [4.69, 9.17) is 9.47 Å². The molecule has 0 saturated carbocycles. The standard InChI is InChI=1S/C15H14O3/c16-15(18-10-14-9-17-14)8-11-5-6-12-3-1-2-4-13(12)7-11/h1-7,14H,8-10H2. The molecule has 92 valence electrons. The van der Waals surface area contributed by atoms with Crippen LogP contribution in [-0.2, 0) is 20.7 Å². The molecule has 0 bridgehead atoms. The summed E-state index contributed by atoms with van der Waals surface area (Å²) in [5.41, 5.74) is 0.982. The number of esters is 1. The van der Waals surface area contributed by atoms with Crippen molar-refractivity contribution in [3.63, 3.8) is 0 Å². The first-order chi connectivity index (χ1) is 8.81. The quantitative estimate of drug-likeness (QED) is 0.610. The van der Waals surface area contributed by atoms with E-state index in [1.165, 1.54) is 5.39 Å². The zero-order valence-corrected chi connectivity index (χ0v) is 9.96. The Hall–Kier alpha value is -1.87. The first kappa shape index (κ1) is 11.2. The summed E-state index contributed by atoms with van der Waals surface area (Å²) in [5.74, 6) is -0.194. The maximum Gasteiger partial charge on any atom is 0.310 e. The second-order valence-corrected chi connectivity index (χ2v) is 4.50. The van der Waals surface area contributed by atoms with Crippen LogP contribution in [0.25, 0.3) is 10.8 Å². The zero-order chi connectivity index (χ0) is 12.4. The number of rotatable bonds is 4. The van der Waals surface area contributed by atoms with Crippen LogP contribution in [-0.4, -0.2) is 25.3 Å². The Labute approximate surface area is 105 Å². The Morgan fingerprint density at radius 2 is 2.00 bits per heavy atom. The molecule has 3 nitrogen and oxygen atoms in total. The van der Waals surface area contributed by atoms with E-state index in [0.29, 0.717) is 19.6 Å². The number of epoxide rings is 1. The van der Waals surface area contributed by atoms with Crippen molar-refractivity contribution >= 4 is 16.7 Å². The van der Waals surface area contributed by atoms with Crippen molar-refractivity contribution in [3.05, 3.63) is 48.0 Å². The third-order valence-corrected chi connectivity index (χ3v) is 2.99. The lowest BCUT2D eigenvalue weighted by Gasteiger charge is -2.04. The first-order valence-corrected chi connectivity index (χ1v) is 6.06. The summed E-state index contributed by atoms with van der Waals surface area (Å²) >= 11 is 0. The van der Waals surface area contributed by atoms with Gasteiger partial charge in [-0.05, 0) is 16.3 Å². The van der Waals surface area contributed by atoms with E-state index in [1.807, 2.05) is 36.4 Å². The van der Waals surface area contributed by atoms with E-state index in [0.717, 1.165) is 10.9 Å². The minimum Gasteiger partial charge on any atom is -0.463 e. The van der Waals surface area contributed by atoms with E-state index in [2.05, 4.69) is 6.07 Å². The van der Waals surface area contributed by atoms with Crippen molar-refractivity contribution < 1.29 is 14.3 Å². The van der Waals surface area contributed by atoms with Crippen molar-refractivity contribution in [2.75, 3.05) is 13.2 Å². The second kappa shape index (κ2) is 4.78. The molecule has 0 aliphatic carbocycles. The molecule has 1 fully saturated rings. The highest BCUT2D eigenvalue weighted by molar-refractivity contribution is 5.84. The van der Waals surface area contributed by atoms with Crippen molar-refractivity contribution in [2.24, 2.45) is 0 Å². The van der Waals surface area contributed by atoms with Gasteiger partial charge in [0, 0.05) is 0 Å². The predicted molar refractivity (Wildman–Crippen MR) is 68.4 cm³/mol. The molecule has 1 saturated heterocycles. The van der Waals surface area contributed by atoms with Crippen molar-refractivity contribution in [1.82, 2.24) is 0 Å². The Bertz CT molecular complexity index is 573. The molecular formula is C15H14O3. The second-order valence-electron chi connectivity index (χ2n) is 4.50. The van der Waals surface area contributed by atoms with Crippen LogP contribution >= 0.6 is 0 Å². The molecule has 0 aromatic heterocycles. The van der Waals surface area contributed by atoms with Gasteiger partial charge in [-0.2, -0.15) is 0 Å². The highest BCUT2D eigenvalue weighted by Gasteiger charge is 2.24. The van der Waals surface area contributed by atoms with E-state index < -0.39 is 0 Å². The molecule has 2 aromatic carbocycles. The van der Waals surface area contributed by atoms with Gasteiger partial charge in [-0.15, -0.1) is 0 Å². The SMILES string of the molecule is O=C(Cc1ccc2ccccc2c1)OCC1CO1. The fourth-order valence-corrected chi connectivity index (χ4v) is 1.92. The van der Waals surface area contributed by atoms with Crippen LogP contribution in [0, 0.1) is 0 Å². The highest BCUT2D eigenvalue weighted by atomic mass is 16.6. The zero-order valence-electron chi connectivity index (χ0n) is 9.96. The van der Waals surface area contributed by atoms with Gasteiger partial charge in [0.1, 0.15) is 12.7 Å². The minimum absolute atomic E-state index is 0.130. The van der Waals surface area contributed by atoms with Crippen molar-refractivity contribution in [1.29, 1.82) is 0 Å². The molecule has 2 aromatic rings. The summed E-state index contributed by atoms with van der Waals surface area (Å²) in [5, 5.41) is 2.33. The number of hydrogen-bond donors (Lipinski definition) is 0. The number of benzene rings is 2. The predicted octanol–water partition coefficient (Wildman–Crippen LogP) is 2.32. The molecule has 1 heterocycles. The van der Waals surface area contributed by atoms with Gasteiger partial charge in [-0.3, -0.25) is 4.79 Å². The van der Waals surface area contributed by atoms with Gasteiger partial charge in [-0.25, -0.2) is 0 Å².